The Morgan fingerprint density at radius 3 is 1.00 bits per heavy atom. The summed E-state index contributed by atoms with van der Waals surface area (Å²) in [4.78, 5) is 35.4. The monoisotopic (exact) mass is 1170 g/mol. The van der Waals surface area contributed by atoms with E-state index < -0.39 is 26.5 Å². The topological polar surface area (TPSA) is 134 Å². The lowest BCUT2D eigenvalue weighted by Crippen LogP contribution is -2.29. The highest BCUT2D eigenvalue weighted by Gasteiger charge is 2.26. The van der Waals surface area contributed by atoms with Gasteiger partial charge in [0.25, 0.3) is 0 Å². The summed E-state index contributed by atoms with van der Waals surface area (Å²) in [6.45, 7) is 3.69. The van der Waals surface area contributed by atoms with Gasteiger partial charge in [-0.25, -0.2) is 4.57 Å². The van der Waals surface area contributed by atoms with Crippen molar-refractivity contribution in [3.63, 3.8) is 0 Å². The van der Waals surface area contributed by atoms with Gasteiger partial charge in [0, 0.05) is 19.4 Å². The van der Waals surface area contributed by atoms with Crippen LogP contribution in [0, 0.1) is 0 Å². The molecule has 3 N–H and O–H groups in total. The molecule has 0 aliphatic carbocycles. The molecule has 2 unspecified atom stereocenters. The molecule has 0 spiro atoms. The van der Waals surface area contributed by atoms with Crippen LogP contribution < -0.4 is 5.73 Å². The second-order valence-corrected chi connectivity index (χ2v) is 24.8. The highest BCUT2D eigenvalue weighted by molar-refractivity contribution is 7.47. The maximum absolute atomic E-state index is 12.8. The number of hydrogen-bond acceptors (Lipinski definition) is 8. The number of unbranched alkanes of at least 4 members (excludes halogenated alkanes) is 41. The first kappa shape index (κ1) is 79.5. The van der Waals surface area contributed by atoms with E-state index in [9.17, 15) is 19.0 Å². The zero-order valence-electron chi connectivity index (χ0n) is 53.7. The van der Waals surface area contributed by atoms with Crippen molar-refractivity contribution in [2.75, 3.05) is 26.4 Å². The van der Waals surface area contributed by atoms with Crippen molar-refractivity contribution in [1.29, 1.82) is 0 Å². The smallest absolute Gasteiger partial charge is 0.462 e. The first-order chi connectivity index (χ1) is 40.3. The van der Waals surface area contributed by atoms with E-state index in [1.165, 1.54) is 231 Å². The molecule has 0 aromatic carbocycles. The van der Waals surface area contributed by atoms with Crippen LogP contribution in [0.5, 0.6) is 0 Å². The number of nitrogens with two attached hydrogens (primary N) is 1. The van der Waals surface area contributed by atoms with Gasteiger partial charge in [0.15, 0.2) is 6.10 Å². The molecule has 0 rings (SSSR count). The van der Waals surface area contributed by atoms with Crippen molar-refractivity contribution in [3.8, 4) is 0 Å². The maximum atomic E-state index is 12.8. The van der Waals surface area contributed by atoms with Crippen LogP contribution in [-0.2, 0) is 32.7 Å². The molecule has 0 heterocycles. The van der Waals surface area contributed by atoms with E-state index in [1.807, 2.05) is 0 Å². The summed E-state index contributed by atoms with van der Waals surface area (Å²) < 4.78 is 33.2. The Morgan fingerprint density at radius 1 is 0.378 bits per heavy atom. The molecule has 2 atom stereocenters. The standard InChI is InChI=1S/C72H132NO8P/c1-3-5-7-9-11-13-15-17-19-21-23-25-27-29-31-32-33-34-35-36-37-38-39-41-43-45-47-49-51-53-55-57-59-61-63-65-72(75)81-70(69-80-82(76,77)79-67-66-73)68-78-71(74)64-62-60-58-56-54-52-50-48-46-44-42-40-30-28-26-24-22-20-18-16-14-12-10-8-6-4-2/h5,7,11,13,17,19,23,25,29,31,33-34,70H,3-4,6,8-10,12,14-16,18,20-22,24,26-28,30,32,35-69,73H2,1-2H3,(H,76,77)/b7-5-,13-11-,19-17-,25-23-,31-29-,34-33-. The highest BCUT2D eigenvalue weighted by atomic mass is 31.2. The molecular formula is C72H132NO8P. The quantitative estimate of drug-likeness (QED) is 0.0264. The van der Waals surface area contributed by atoms with Gasteiger partial charge in [0.1, 0.15) is 6.61 Å². The van der Waals surface area contributed by atoms with E-state index in [2.05, 4.69) is 86.8 Å². The predicted octanol–water partition coefficient (Wildman–Crippen LogP) is 22.8. The van der Waals surface area contributed by atoms with Crippen molar-refractivity contribution >= 4 is 19.8 Å². The van der Waals surface area contributed by atoms with E-state index in [0.29, 0.717) is 6.42 Å². The average molecular weight is 1170 g/mol. The van der Waals surface area contributed by atoms with E-state index in [4.69, 9.17) is 24.3 Å². The fourth-order valence-corrected chi connectivity index (χ4v) is 11.0. The van der Waals surface area contributed by atoms with Gasteiger partial charge in [-0.15, -0.1) is 0 Å². The summed E-state index contributed by atoms with van der Waals surface area (Å²) in [6.07, 6.45) is 88.5. The molecule has 0 bridgehead atoms. The molecule has 9 nitrogen and oxygen atoms in total. The number of phosphoric acid groups is 1. The Bertz CT molecular complexity index is 1570. The van der Waals surface area contributed by atoms with E-state index >= 15 is 0 Å². The first-order valence-corrected chi connectivity index (χ1v) is 36.4. The SMILES string of the molecule is CC/C=C\C/C=C\C/C=C\C/C=C\C/C=C\C/C=C\CCCCCCCCCCCCCCCCCCC(=O)OC(COC(=O)CCCCCCCCCCCCCCCCCCCCCCCCCCCC)COP(=O)(O)OCCN. The summed E-state index contributed by atoms with van der Waals surface area (Å²) in [6, 6.07) is 0. The minimum Gasteiger partial charge on any atom is -0.462 e. The lowest BCUT2D eigenvalue weighted by molar-refractivity contribution is -0.161. The lowest BCUT2D eigenvalue weighted by Gasteiger charge is -2.19. The number of allylic oxidation sites excluding steroid dienone is 12. The molecule has 0 aromatic rings. The molecule has 0 aliphatic heterocycles. The summed E-state index contributed by atoms with van der Waals surface area (Å²) in [7, 11) is -4.39. The predicted molar refractivity (Wildman–Crippen MR) is 353 cm³/mol. The molecule has 478 valence electrons. The van der Waals surface area contributed by atoms with Crippen molar-refractivity contribution < 1.29 is 37.6 Å². The largest absolute Gasteiger partial charge is 0.472 e. The Labute approximate surface area is 507 Å². The van der Waals surface area contributed by atoms with Crippen LogP contribution >= 0.6 is 7.82 Å². The number of esters is 2. The van der Waals surface area contributed by atoms with Crippen LogP contribution in [-0.4, -0.2) is 49.3 Å². The molecule has 0 aromatic heterocycles. The van der Waals surface area contributed by atoms with Crippen LogP contribution in [0.1, 0.15) is 341 Å². The number of carbonyl (C=O) groups is 2. The average Bonchev–Trinajstić information content (AvgIpc) is 3.49. The summed E-state index contributed by atoms with van der Waals surface area (Å²) in [5.41, 5.74) is 5.40. The normalized spacial score (nSPS) is 13.4. The van der Waals surface area contributed by atoms with E-state index in [1.54, 1.807) is 0 Å². The van der Waals surface area contributed by atoms with Gasteiger partial charge >= 0.3 is 19.8 Å². The second kappa shape index (κ2) is 67.6. The van der Waals surface area contributed by atoms with Crippen molar-refractivity contribution in [1.82, 2.24) is 0 Å². The third kappa shape index (κ3) is 66.6. The van der Waals surface area contributed by atoms with Crippen LogP contribution in [0.15, 0.2) is 72.9 Å². The fraction of sp³-hybridized carbons (Fsp3) is 0.806. The minimum absolute atomic E-state index is 0.0539. The lowest BCUT2D eigenvalue weighted by atomic mass is 10.0. The van der Waals surface area contributed by atoms with Gasteiger partial charge in [0.2, 0.25) is 0 Å². The van der Waals surface area contributed by atoms with Crippen LogP contribution in [0.3, 0.4) is 0 Å². The molecule has 0 radical (unpaired) electrons. The summed E-state index contributed by atoms with van der Waals surface area (Å²) >= 11 is 0. The number of rotatable bonds is 66. The molecule has 82 heavy (non-hydrogen) atoms. The number of carbonyl (C=O) groups excluding carboxylic acids is 2. The molecular weight excluding hydrogens is 1040 g/mol. The number of ether oxygens (including phenoxy) is 2. The summed E-state index contributed by atoms with van der Waals surface area (Å²) in [5, 5.41) is 0. The van der Waals surface area contributed by atoms with Crippen LogP contribution in [0.25, 0.3) is 0 Å². The Balaban J connectivity index is 3.85. The molecule has 0 fully saturated rings. The number of phosphoric ester groups is 1. The van der Waals surface area contributed by atoms with Crippen molar-refractivity contribution in [2.24, 2.45) is 5.73 Å². The zero-order valence-corrected chi connectivity index (χ0v) is 54.6. The molecule has 0 saturated carbocycles. The molecule has 10 heteroatoms. The Kier molecular flexibility index (Phi) is 65.5. The van der Waals surface area contributed by atoms with Crippen LogP contribution in [0.2, 0.25) is 0 Å². The van der Waals surface area contributed by atoms with Crippen molar-refractivity contribution in [2.45, 2.75) is 347 Å². The first-order valence-electron chi connectivity index (χ1n) is 34.9. The van der Waals surface area contributed by atoms with Gasteiger partial charge in [0.05, 0.1) is 13.2 Å². The van der Waals surface area contributed by atoms with Crippen molar-refractivity contribution in [3.05, 3.63) is 72.9 Å². The van der Waals surface area contributed by atoms with E-state index in [0.717, 1.165) is 77.0 Å². The minimum atomic E-state index is -4.39. The molecule has 0 saturated heterocycles. The molecule has 0 aliphatic rings. The maximum Gasteiger partial charge on any atom is 0.472 e. The summed E-state index contributed by atoms with van der Waals surface area (Å²) in [5.74, 6) is -0.810. The van der Waals surface area contributed by atoms with Gasteiger partial charge in [-0.2, -0.15) is 0 Å². The van der Waals surface area contributed by atoms with Gasteiger partial charge in [-0.1, -0.05) is 337 Å². The Morgan fingerprint density at radius 2 is 0.671 bits per heavy atom. The highest BCUT2D eigenvalue weighted by Crippen LogP contribution is 2.43. The van der Waals surface area contributed by atoms with Gasteiger partial charge < -0.3 is 20.1 Å². The third-order valence-electron chi connectivity index (χ3n) is 15.4. The Hall–Kier alpha value is -2.55. The second-order valence-electron chi connectivity index (χ2n) is 23.4. The third-order valence-corrected chi connectivity index (χ3v) is 16.3. The van der Waals surface area contributed by atoms with Gasteiger partial charge in [-0.05, 0) is 64.2 Å². The van der Waals surface area contributed by atoms with Gasteiger partial charge in [-0.3, -0.25) is 18.6 Å². The number of hydrogen-bond donors (Lipinski definition) is 2. The van der Waals surface area contributed by atoms with Crippen LogP contribution in [0.4, 0.5) is 0 Å². The fourth-order valence-electron chi connectivity index (χ4n) is 10.2. The zero-order chi connectivity index (χ0) is 59.4. The van der Waals surface area contributed by atoms with E-state index in [-0.39, 0.29) is 38.6 Å². The molecule has 0 amide bonds.